The molecule has 0 unspecified atom stereocenters. The van der Waals surface area contributed by atoms with Crippen molar-refractivity contribution in [2.75, 3.05) is 26.8 Å². The van der Waals surface area contributed by atoms with Gasteiger partial charge in [-0.2, -0.15) is 4.68 Å². The molecule has 1 aliphatic rings. The highest BCUT2D eigenvalue weighted by molar-refractivity contribution is 7.71. The van der Waals surface area contributed by atoms with Gasteiger partial charge in [0.2, 0.25) is 10.5 Å². The molecule has 2 aromatic heterocycles. The number of nitrogens with zero attached hydrogens (tertiary/aromatic N) is 4. The van der Waals surface area contributed by atoms with Gasteiger partial charge in [-0.3, -0.25) is 13.8 Å². The summed E-state index contributed by atoms with van der Waals surface area (Å²) in [6.45, 7) is 4.21. The molecular weight excluding hydrogens is 386 g/mol. The average molecular weight is 417 g/mol. The Morgan fingerprint density at radius 1 is 1.14 bits per heavy atom. The largest absolute Gasteiger partial charge is 0.385 e. The van der Waals surface area contributed by atoms with Gasteiger partial charge in [0.1, 0.15) is 0 Å². The zero-order valence-electron chi connectivity index (χ0n) is 17.1. The third-order valence-electron chi connectivity index (χ3n) is 5.85. The van der Waals surface area contributed by atoms with E-state index in [-0.39, 0.29) is 5.56 Å². The number of ether oxygens (including phenoxy) is 1. The van der Waals surface area contributed by atoms with Crippen molar-refractivity contribution in [3.63, 3.8) is 0 Å². The molecule has 0 atom stereocenters. The molecule has 1 aliphatic heterocycles. The summed E-state index contributed by atoms with van der Waals surface area (Å²) >= 11 is 5.83. The van der Waals surface area contributed by atoms with E-state index in [1.165, 1.54) is 37.0 Å². The second-order valence-electron chi connectivity index (χ2n) is 7.91. The van der Waals surface area contributed by atoms with Gasteiger partial charge < -0.3 is 9.64 Å². The van der Waals surface area contributed by atoms with Crippen LogP contribution in [0.25, 0.3) is 16.7 Å². The van der Waals surface area contributed by atoms with Crippen LogP contribution in [0.5, 0.6) is 0 Å². The lowest BCUT2D eigenvalue weighted by Crippen LogP contribution is -3.11. The predicted molar refractivity (Wildman–Crippen MR) is 116 cm³/mol. The molecular formula is C21H30N5O2S+. The number of quaternary nitrogens is 1. The molecule has 1 N–H and O–H groups in total. The van der Waals surface area contributed by atoms with Crippen LogP contribution in [-0.2, 0) is 18.0 Å². The number of nitrogens with one attached hydrogen (secondary N) is 1. The monoisotopic (exact) mass is 416 g/mol. The summed E-state index contributed by atoms with van der Waals surface area (Å²) in [6.07, 6.45) is 7.22. The molecule has 1 aromatic carbocycles. The second-order valence-corrected chi connectivity index (χ2v) is 8.28. The molecule has 7 nitrogen and oxygen atoms in total. The molecule has 29 heavy (non-hydrogen) atoms. The van der Waals surface area contributed by atoms with Crippen LogP contribution in [0.2, 0.25) is 0 Å². The average Bonchev–Trinajstić information content (AvgIpc) is 3.03. The van der Waals surface area contributed by atoms with Crippen LogP contribution in [0.4, 0.5) is 0 Å². The minimum Gasteiger partial charge on any atom is -0.385 e. The minimum atomic E-state index is -0.0186. The zero-order chi connectivity index (χ0) is 20.2. The fourth-order valence-corrected chi connectivity index (χ4v) is 4.60. The number of benzene rings is 1. The van der Waals surface area contributed by atoms with Crippen LogP contribution in [0.15, 0.2) is 29.1 Å². The zero-order valence-corrected chi connectivity index (χ0v) is 17.9. The van der Waals surface area contributed by atoms with Crippen LogP contribution in [0.3, 0.4) is 0 Å². The van der Waals surface area contributed by atoms with E-state index in [1.54, 1.807) is 11.7 Å². The van der Waals surface area contributed by atoms with E-state index in [0.717, 1.165) is 31.7 Å². The molecule has 3 heterocycles. The Kier molecular flexibility index (Phi) is 6.42. The number of hydrogen-bond donors (Lipinski definition) is 1. The van der Waals surface area contributed by atoms with Crippen molar-refractivity contribution < 1.29 is 9.64 Å². The normalized spacial score (nSPS) is 16.3. The summed E-state index contributed by atoms with van der Waals surface area (Å²) in [7, 11) is 1.68. The van der Waals surface area contributed by atoms with Crippen molar-refractivity contribution >= 4 is 28.9 Å². The van der Waals surface area contributed by atoms with Crippen LogP contribution in [-0.4, -0.2) is 45.6 Å². The Bertz CT molecular complexity index is 1090. The number of para-hydroxylation sites is 1. The molecule has 0 saturated carbocycles. The Morgan fingerprint density at radius 3 is 2.62 bits per heavy atom. The fraction of sp³-hybridized carbons (Fsp3) is 0.571. The van der Waals surface area contributed by atoms with Crippen LogP contribution < -0.4 is 10.5 Å². The number of fused-ring (bicyclic) bond motifs is 3. The third-order valence-corrected chi connectivity index (χ3v) is 6.24. The van der Waals surface area contributed by atoms with Crippen molar-refractivity contribution in [3.8, 4) is 0 Å². The Balaban J connectivity index is 1.80. The second kappa shape index (κ2) is 9.19. The molecule has 0 radical (unpaired) electrons. The highest BCUT2D eigenvalue weighted by Crippen LogP contribution is 2.14. The SMILES string of the molecule is COCCCn1c(=O)c2ccccc2n2c(=S)n(C[NH+]3CCCCCCC3)nc12. The van der Waals surface area contributed by atoms with Gasteiger partial charge in [0.25, 0.3) is 5.56 Å². The smallest absolute Gasteiger partial charge is 0.262 e. The standard InChI is InChI=1S/C21H29N5O2S/c1-28-15-9-14-24-19(27)17-10-5-6-11-18(17)26-20(24)22-25(21(26)29)16-23-12-7-3-2-4-8-13-23/h5-6,10-11H,2-4,7-9,12-16H2,1H3/p+1. The first-order valence-electron chi connectivity index (χ1n) is 10.6. The van der Waals surface area contributed by atoms with Gasteiger partial charge in [0, 0.05) is 20.3 Å². The van der Waals surface area contributed by atoms with Crippen molar-refractivity contribution in [2.45, 2.75) is 51.7 Å². The van der Waals surface area contributed by atoms with E-state index in [0.29, 0.717) is 29.1 Å². The summed E-state index contributed by atoms with van der Waals surface area (Å²) in [4.78, 5) is 14.7. The van der Waals surface area contributed by atoms with Gasteiger partial charge in [-0.25, -0.2) is 0 Å². The third kappa shape index (κ3) is 4.15. The van der Waals surface area contributed by atoms with Gasteiger partial charge >= 0.3 is 0 Å². The maximum absolute atomic E-state index is 13.2. The van der Waals surface area contributed by atoms with E-state index in [1.807, 2.05) is 33.3 Å². The first kappa shape index (κ1) is 20.3. The lowest BCUT2D eigenvalue weighted by Gasteiger charge is -2.21. The summed E-state index contributed by atoms with van der Waals surface area (Å²) in [5.74, 6) is 0.626. The van der Waals surface area contributed by atoms with Crippen LogP contribution >= 0.6 is 12.2 Å². The molecule has 3 aromatic rings. The number of aryl methyl sites for hydroxylation is 1. The van der Waals surface area contributed by atoms with E-state index < -0.39 is 0 Å². The molecule has 0 bridgehead atoms. The van der Waals surface area contributed by atoms with E-state index in [4.69, 9.17) is 22.1 Å². The van der Waals surface area contributed by atoms with Crippen LogP contribution in [0.1, 0.15) is 38.5 Å². The molecule has 8 heteroatoms. The minimum absolute atomic E-state index is 0.0186. The van der Waals surface area contributed by atoms with Gasteiger partial charge in [-0.05, 0) is 56.5 Å². The maximum Gasteiger partial charge on any atom is 0.262 e. The maximum atomic E-state index is 13.2. The van der Waals surface area contributed by atoms with Gasteiger partial charge in [0.15, 0.2) is 6.67 Å². The summed E-state index contributed by atoms with van der Waals surface area (Å²) in [5.41, 5.74) is 0.810. The summed E-state index contributed by atoms with van der Waals surface area (Å²) < 4.78 is 11.5. The Morgan fingerprint density at radius 2 is 1.86 bits per heavy atom. The molecule has 4 rings (SSSR count). The van der Waals surface area contributed by atoms with Crippen molar-refractivity contribution in [1.82, 2.24) is 18.7 Å². The molecule has 0 spiro atoms. The van der Waals surface area contributed by atoms with E-state index in [2.05, 4.69) is 0 Å². The number of aromatic nitrogens is 4. The quantitative estimate of drug-likeness (QED) is 0.493. The lowest BCUT2D eigenvalue weighted by atomic mass is 10.1. The number of likely N-dealkylation sites (tertiary alicyclic amines) is 1. The highest BCUT2D eigenvalue weighted by Gasteiger charge is 2.18. The van der Waals surface area contributed by atoms with Crippen molar-refractivity contribution in [1.29, 1.82) is 0 Å². The molecule has 156 valence electrons. The number of rotatable bonds is 6. The first-order valence-corrected chi connectivity index (χ1v) is 11.0. The summed E-state index contributed by atoms with van der Waals surface area (Å²) in [6, 6.07) is 7.66. The number of methoxy groups -OCH3 is 1. The lowest BCUT2D eigenvalue weighted by molar-refractivity contribution is -0.924. The molecule has 0 amide bonds. The molecule has 0 aliphatic carbocycles. The fourth-order valence-electron chi connectivity index (χ4n) is 4.31. The van der Waals surface area contributed by atoms with E-state index >= 15 is 0 Å². The number of hydrogen-bond acceptors (Lipinski definition) is 4. The van der Waals surface area contributed by atoms with E-state index in [9.17, 15) is 4.79 Å². The Labute approximate surface area is 175 Å². The van der Waals surface area contributed by atoms with Gasteiger partial charge in [-0.15, -0.1) is 5.10 Å². The molecule has 1 saturated heterocycles. The van der Waals surface area contributed by atoms with Crippen LogP contribution in [0, 0.1) is 4.77 Å². The van der Waals surface area contributed by atoms with Crippen molar-refractivity contribution in [3.05, 3.63) is 39.4 Å². The highest BCUT2D eigenvalue weighted by atomic mass is 32.1. The molecule has 1 fully saturated rings. The topological polar surface area (TPSA) is 57.9 Å². The summed E-state index contributed by atoms with van der Waals surface area (Å²) in [5, 5.41) is 5.50. The predicted octanol–water partition coefficient (Wildman–Crippen LogP) is 2.02. The Hall–Kier alpha value is -2.03. The van der Waals surface area contributed by atoms with Gasteiger partial charge in [-0.1, -0.05) is 18.6 Å². The first-order chi connectivity index (χ1) is 14.2. The van der Waals surface area contributed by atoms with Gasteiger partial charge in [0.05, 0.1) is 24.0 Å². The van der Waals surface area contributed by atoms with Crippen molar-refractivity contribution in [2.24, 2.45) is 0 Å².